The fraction of sp³-hybridized carbons (Fsp3) is 0.625. The first-order chi connectivity index (χ1) is 5.25. The number of hydrogen-bond acceptors (Lipinski definition) is 2. The van der Waals surface area contributed by atoms with Gasteiger partial charge >= 0.3 is 0 Å². The van der Waals surface area contributed by atoms with Crippen molar-refractivity contribution in [2.45, 2.75) is 20.3 Å². The molecule has 0 aromatic rings. The van der Waals surface area contributed by atoms with Crippen molar-refractivity contribution in [3.8, 4) is 0 Å². The number of amides is 1. The molecule has 0 saturated carbocycles. The van der Waals surface area contributed by atoms with Crippen molar-refractivity contribution >= 4 is 18.3 Å². The molecule has 0 aromatic heterocycles. The summed E-state index contributed by atoms with van der Waals surface area (Å²) in [4.78, 5) is 11.4. The van der Waals surface area contributed by atoms with E-state index in [0.717, 1.165) is 25.1 Å². The van der Waals surface area contributed by atoms with Gasteiger partial charge in [-0.05, 0) is 20.3 Å². The van der Waals surface area contributed by atoms with Crippen molar-refractivity contribution in [2.24, 2.45) is 0 Å². The second-order valence-electron chi connectivity index (χ2n) is 2.69. The maximum absolute atomic E-state index is 11.4. The Morgan fingerprint density at radius 3 is 2.67 bits per heavy atom. The molecule has 3 nitrogen and oxygen atoms in total. The van der Waals surface area contributed by atoms with E-state index in [1.54, 1.807) is 5.01 Å². The summed E-state index contributed by atoms with van der Waals surface area (Å²) in [5.41, 5.74) is 3.82. The largest absolute Gasteiger partial charge is 0.274 e. The molecule has 1 heterocycles. The number of carbonyl (C=O) groups is 1. The summed E-state index contributed by atoms with van der Waals surface area (Å²) in [7, 11) is 0. The maximum Gasteiger partial charge on any atom is 0.263 e. The minimum atomic E-state index is 0. The second kappa shape index (κ2) is 5.17. The minimum Gasteiger partial charge on any atom is -0.274 e. The standard InChI is InChI=1S/C8H14N2O.ClH/c1-3-7(2)8(11)10-6-4-5-9-10;/h3,9H,4-6H2,1-2H3;1H/b7-3-;. The molecule has 1 aliphatic heterocycles. The van der Waals surface area contributed by atoms with Gasteiger partial charge in [-0.2, -0.15) is 0 Å². The van der Waals surface area contributed by atoms with E-state index < -0.39 is 0 Å². The van der Waals surface area contributed by atoms with Gasteiger partial charge in [0.2, 0.25) is 0 Å². The summed E-state index contributed by atoms with van der Waals surface area (Å²) in [6, 6.07) is 0. The van der Waals surface area contributed by atoms with Crippen LogP contribution in [0.3, 0.4) is 0 Å². The van der Waals surface area contributed by atoms with Gasteiger partial charge in [0, 0.05) is 18.7 Å². The Morgan fingerprint density at radius 2 is 2.25 bits per heavy atom. The average Bonchev–Trinajstić information content (AvgIpc) is 2.53. The number of rotatable bonds is 1. The van der Waals surface area contributed by atoms with Crippen LogP contribution in [0.2, 0.25) is 0 Å². The summed E-state index contributed by atoms with van der Waals surface area (Å²) in [6.45, 7) is 5.47. The Kier molecular flexibility index (Phi) is 4.93. The van der Waals surface area contributed by atoms with E-state index in [2.05, 4.69) is 5.43 Å². The van der Waals surface area contributed by atoms with Crippen LogP contribution in [0.25, 0.3) is 0 Å². The van der Waals surface area contributed by atoms with E-state index >= 15 is 0 Å². The highest BCUT2D eigenvalue weighted by molar-refractivity contribution is 5.92. The summed E-state index contributed by atoms with van der Waals surface area (Å²) in [5.74, 6) is 0.102. The van der Waals surface area contributed by atoms with E-state index in [4.69, 9.17) is 0 Å². The van der Waals surface area contributed by atoms with Gasteiger partial charge in [-0.25, -0.2) is 5.43 Å². The molecule has 1 saturated heterocycles. The molecule has 1 amide bonds. The van der Waals surface area contributed by atoms with E-state index in [9.17, 15) is 4.79 Å². The van der Waals surface area contributed by atoms with Gasteiger partial charge in [0.05, 0.1) is 0 Å². The summed E-state index contributed by atoms with van der Waals surface area (Å²) >= 11 is 0. The maximum atomic E-state index is 11.4. The molecule has 1 N–H and O–H groups in total. The summed E-state index contributed by atoms with van der Waals surface area (Å²) in [5, 5.41) is 1.68. The zero-order valence-corrected chi connectivity index (χ0v) is 8.28. The zero-order valence-electron chi connectivity index (χ0n) is 7.46. The molecule has 0 unspecified atom stereocenters. The van der Waals surface area contributed by atoms with Crippen LogP contribution in [-0.2, 0) is 4.79 Å². The molecule has 0 radical (unpaired) electrons. The third-order valence-corrected chi connectivity index (χ3v) is 1.88. The lowest BCUT2D eigenvalue weighted by Gasteiger charge is -2.15. The molecule has 1 rings (SSSR count). The van der Waals surface area contributed by atoms with Crippen molar-refractivity contribution in [3.05, 3.63) is 11.6 Å². The van der Waals surface area contributed by atoms with Crippen LogP contribution < -0.4 is 5.43 Å². The topological polar surface area (TPSA) is 32.3 Å². The first kappa shape index (κ1) is 11.5. The molecule has 70 valence electrons. The minimum absolute atomic E-state index is 0. The molecule has 0 spiro atoms. The lowest BCUT2D eigenvalue weighted by molar-refractivity contribution is -0.128. The highest BCUT2D eigenvalue weighted by Crippen LogP contribution is 2.03. The second-order valence-corrected chi connectivity index (χ2v) is 2.69. The van der Waals surface area contributed by atoms with Gasteiger partial charge in [-0.1, -0.05) is 6.08 Å². The Morgan fingerprint density at radius 1 is 1.58 bits per heavy atom. The first-order valence-electron chi connectivity index (χ1n) is 3.94. The third kappa shape index (κ3) is 2.50. The molecule has 12 heavy (non-hydrogen) atoms. The van der Waals surface area contributed by atoms with Crippen LogP contribution in [-0.4, -0.2) is 24.0 Å². The lowest BCUT2D eigenvalue weighted by atomic mass is 10.3. The lowest BCUT2D eigenvalue weighted by Crippen LogP contribution is -2.37. The Hall–Kier alpha value is -0.540. The van der Waals surface area contributed by atoms with E-state index in [1.165, 1.54) is 0 Å². The number of hydrazine groups is 1. The first-order valence-corrected chi connectivity index (χ1v) is 3.94. The van der Waals surface area contributed by atoms with Gasteiger partial charge in [-0.15, -0.1) is 12.4 Å². The smallest absolute Gasteiger partial charge is 0.263 e. The van der Waals surface area contributed by atoms with Gasteiger partial charge < -0.3 is 0 Å². The monoisotopic (exact) mass is 190 g/mol. The van der Waals surface area contributed by atoms with Crippen molar-refractivity contribution < 1.29 is 4.79 Å². The zero-order chi connectivity index (χ0) is 8.27. The van der Waals surface area contributed by atoms with Crippen LogP contribution in [0.15, 0.2) is 11.6 Å². The molecule has 4 heteroatoms. The number of allylic oxidation sites excluding steroid dienone is 1. The SMILES string of the molecule is C/C=C(/C)C(=O)N1CCCN1.Cl. The van der Waals surface area contributed by atoms with E-state index in [-0.39, 0.29) is 18.3 Å². The Bertz CT molecular complexity index is 185. The highest BCUT2D eigenvalue weighted by atomic mass is 35.5. The van der Waals surface area contributed by atoms with Crippen molar-refractivity contribution in [2.75, 3.05) is 13.1 Å². The summed E-state index contributed by atoms with van der Waals surface area (Å²) < 4.78 is 0. The van der Waals surface area contributed by atoms with Crippen LogP contribution >= 0.6 is 12.4 Å². The molecule has 0 bridgehead atoms. The molecule has 1 aliphatic rings. The predicted octanol–water partition coefficient (Wildman–Crippen LogP) is 1.11. The number of carbonyl (C=O) groups excluding carboxylic acids is 1. The van der Waals surface area contributed by atoms with Gasteiger partial charge in [0.25, 0.3) is 5.91 Å². The van der Waals surface area contributed by atoms with Crippen molar-refractivity contribution in [1.82, 2.24) is 10.4 Å². The van der Waals surface area contributed by atoms with Gasteiger partial charge in [0.1, 0.15) is 0 Å². The van der Waals surface area contributed by atoms with E-state index in [0.29, 0.717) is 0 Å². The molecule has 0 atom stereocenters. The number of halogens is 1. The van der Waals surface area contributed by atoms with Crippen LogP contribution in [0.4, 0.5) is 0 Å². The Balaban J connectivity index is 0.00000121. The van der Waals surface area contributed by atoms with Gasteiger partial charge in [-0.3, -0.25) is 9.80 Å². The normalized spacial score (nSPS) is 17.5. The molecule has 0 aromatic carbocycles. The third-order valence-electron chi connectivity index (χ3n) is 1.88. The van der Waals surface area contributed by atoms with Crippen LogP contribution in [0, 0.1) is 0 Å². The molecular formula is C8H15ClN2O. The summed E-state index contributed by atoms with van der Waals surface area (Å²) in [6.07, 6.45) is 2.89. The fourth-order valence-electron chi connectivity index (χ4n) is 1.04. The van der Waals surface area contributed by atoms with Crippen molar-refractivity contribution in [3.63, 3.8) is 0 Å². The van der Waals surface area contributed by atoms with E-state index in [1.807, 2.05) is 19.9 Å². The fourth-order valence-corrected chi connectivity index (χ4v) is 1.04. The predicted molar refractivity (Wildman–Crippen MR) is 51.0 cm³/mol. The molecular weight excluding hydrogens is 176 g/mol. The average molecular weight is 191 g/mol. The van der Waals surface area contributed by atoms with Gasteiger partial charge in [0.15, 0.2) is 0 Å². The molecule has 0 aliphatic carbocycles. The number of nitrogens with one attached hydrogen (secondary N) is 1. The van der Waals surface area contributed by atoms with Crippen molar-refractivity contribution in [1.29, 1.82) is 0 Å². The highest BCUT2D eigenvalue weighted by Gasteiger charge is 2.17. The number of hydrogen-bond donors (Lipinski definition) is 1. The Labute approximate surface area is 79.2 Å². The van der Waals surface area contributed by atoms with Crippen LogP contribution in [0.5, 0.6) is 0 Å². The van der Waals surface area contributed by atoms with Crippen LogP contribution in [0.1, 0.15) is 20.3 Å². The number of nitrogens with zero attached hydrogens (tertiary/aromatic N) is 1. The quantitative estimate of drug-likeness (QED) is 0.629. The molecule has 1 fully saturated rings.